The molecule has 0 bridgehead atoms. The number of methoxy groups -OCH3 is 1. The van der Waals surface area contributed by atoms with E-state index in [2.05, 4.69) is 30.8 Å². The molecule has 3 aromatic heterocycles. The average Bonchev–Trinajstić information content (AvgIpc) is 3.52. The third kappa shape index (κ3) is 4.38. The van der Waals surface area contributed by atoms with Crippen LogP contribution in [0.1, 0.15) is 24.2 Å². The monoisotopic (exact) mass is 589 g/mol. The molecule has 11 heteroatoms. The number of hydrogen-bond acceptors (Lipinski definition) is 8. The van der Waals surface area contributed by atoms with Crippen LogP contribution in [0.25, 0.3) is 39.0 Å². The Morgan fingerprint density at radius 3 is 2.57 bits per heavy atom. The Kier molecular flexibility index (Phi) is 6.62. The molecule has 44 heavy (non-hydrogen) atoms. The fourth-order valence-corrected chi connectivity index (χ4v) is 6.21. The quantitative estimate of drug-likeness (QED) is 0.210. The van der Waals surface area contributed by atoms with Crippen molar-refractivity contribution >= 4 is 39.5 Å². The molecule has 9 nitrogen and oxygen atoms in total. The minimum absolute atomic E-state index is 0.00915. The van der Waals surface area contributed by atoms with Gasteiger partial charge in [0.15, 0.2) is 17.5 Å². The largest absolute Gasteiger partial charge is 0.467 e. The number of amides is 1. The summed E-state index contributed by atoms with van der Waals surface area (Å²) in [5.74, 6) is 0.961. The molecule has 1 unspecified atom stereocenters. The van der Waals surface area contributed by atoms with Crippen LogP contribution in [0, 0.1) is 18.2 Å². The predicted octanol–water partition coefficient (Wildman–Crippen LogP) is 4.96. The van der Waals surface area contributed by atoms with E-state index in [-0.39, 0.29) is 23.0 Å². The zero-order valence-electron chi connectivity index (χ0n) is 23.7. The van der Waals surface area contributed by atoms with Gasteiger partial charge in [-0.05, 0) is 30.4 Å². The van der Waals surface area contributed by atoms with E-state index in [0.29, 0.717) is 54.8 Å². The Labute approximate surface area is 251 Å². The molecule has 5 aromatic rings. The highest BCUT2D eigenvalue weighted by molar-refractivity contribution is 6.02. The molecule has 7 rings (SSSR count). The highest BCUT2D eigenvalue weighted by atomic mass is 19.1. The minimum Gasteiger partial charge on any atom is -0.467 e. The number of aromatic nitrogens is 5. The van der Waals surface area contributed by atoms with Gasteiger partial charge in [0.25, 0.3) is 5.91 Å². The number of anilines is 1. The van der Waals surface area contributed by atoms with Gasteiger partial charge in [-0.15, -0.1) is 6.42 Å². The van der Waals surface area contributed by atoms with E-state index in [4.69, 9.17) is 11.2 Å². The van der Waals surface area contributed by atoms with Crippen molar-refractivity contribution in [3.05, 3.63) is 84.1 Å². The van der Waals surface area contributed by atoms with Crippen LogP contribution in [-0.2, 0) is 4.79 Å². The number of halogens is 2. The first-order valence-electron chi connectivity index (χ1n) is 14.0. The molecule has 0 aliphatic carbocycles. The maximum Gasteiger partial charge on any atom is 0.318 e. The number of likely N-dealkylation sites (tertiary alicyclic amines) is 1. The number of carbonyl (C=O) groups excluding carboxylic acids is 1. The van der Waals surface area contributed by atoms with Crippen molar-refractivity contribution in [2.75, 3.05) is 31.6 Å². The molecule has 1 atom stereocenters. The van der Waals surface area contributed by atoms with Gasteiger partial charge in [0.1, 0.15) is 17.0 Å². The van der Waals surface area contributed by atoms with E-state index in [1.807, 2.05) is 35.2 Å². The summed E-state index contributed by atoms with van der Waals surface area (Å²) in [6, 6.07) is 12.7. The smallest absolute Gasteiger partial charge is 0.318 e. The number of pyridine rings is 1. The minimum atomic E-state index is -0.928. The van der Waals surface area contributed by atoms with Crippen LogP contribution < -0.4 is 9.64 Å². The van der Waals surface area contributed by atoms with Crippen molar-refractivity contribution in [1.82, 2.24) is 29.8 Å². The van der Waals surface area contributed by atoms with E-state index in [1.165, 1.54) is 19.5 Å². The summed E-state index contributed by atoms with van der Waals surface area (Å²) in [7, 11) is 1.41. The standard InChI is InChI=1S/C33H25F2N7O2/c1-3-20-7-4-8-21-9-5-10-22(26(20)21)28-27(35)29-23(18-38-28)30(40-32(39-29)44-2)41-15-11-33(19-41)12-16-42(33)31(43)24(34)17-25-36-13-6-14-37-25/h1,4-10,13-14,17-18H,11-12,15-16,19H2,2H3/b24-17-. The summed E-state index contributed by atoms with van der Waals surface area (Å²) in [6.07, 6.45) is 12.6. The maximum atomic E-state index is 16.4. The van der Waals surface area contributed by atoms with Crippen molar-refractivity contribution in [3.63, 3.8) is 0 Å². The molecule has 2 aliphatic heterocycles. The molecule has 5 heterocycles. The highest BCUT2D eigenvalue weighted by Crippen LogP contribution is 2.43. The van der Waals surface area contributed by atoms with Gasteiger partial charge in [-0.2, -0.15) is 9.97 Å². The molecule has 218 valence electrons. The number of terminal acetylenes is 1. The Balaban J connectivity index is 1.25. The Hall–Kier alpha value is -5.50. The third-order valence-corrected chi connectivity index (χ3v) is 8.44. The van der Waals surface area contributed by atoms with Crippen LogP contribution in [0.3, 0.4) is 0 Å². The number of hydrogen-bond donors (Lipinski definition) is 0. The summed E-state index contributed by atoms with van der Waals surface area (Å²) in [4.78, 5) is 38.0. The van der Waals surface area contributed by atoms with Crippen LogP contribution >= 0.6 is 0 Å². The summed E-state index contributed by atoms with van der Waals surface area (Å²) < 4.78 is 36.7. The lowest BCUT2D eigenvalue weighted by Gasteiger charge is -2.50. The molecule has 2 fully saturated rings. The average molecular weight is 590 g/mol. The SMILES string of the molecule is C#Cc1cccc2cccc(-c3ncc4c(N5CCC6(CCN6C(=O)/C(F)=C/c6ncccn6)C5)nc(OC)nc4c3F)c12. The van der Waals surface area contributed by atoms with Gasteiger partial charge < -0.3 is 14.5 Å². The number of fused-ring (bicyclic) bond motifs is 2. The second kappa shape index (κ2) is 10.6. The number of nitrogens with zero attached hydrogens (tertiary/aromatic N) is 7. The highest BCUT2D eigenvalue weighted by Gasteiger charge is 2.52. The topological polar surface area (TPSA) is 97.2 Å². The number of carbonyl (C=O) groups is 1. The van der Waals surface area contributed by atoms with Gasteiger partial charge in [-0.3, -0.25) is 9.78 Å². The summed E-state index contributed by atoms with van der Waals surface area (Å²) in [6.45, 7) is 1.30. The zero-order chi connectivity index (χ0) is 30.4. The second-order valence-electron chi connectivity index (χ2n) is 10.8. The Morgan fingerprint density at radius 2 is 1.84 bits per heavy atom. The summed E-state index contributed by atoms with van der Waals surface area (Å²) >= 11 is 0. The van der Waals surface area contributed by atoms with Crippen molar-refractivity contribution < 1.29 is 18.3 Å². The number of benzene rings is 2. The van der Waals surface area contributed by atoms with Gasteiger partial charge >= 0.3 is 6.01 Å². The van der Waals surface area contributed by atoms with E-state index < -0.39 is 23.1 Å². The first-order chi connectivity index (χ1) is 21.4. The van der Waals surface area contributed by atoms with Crippen molar-refractivity contribution in [3.8, 4) is 29.6 Å². The van der Waals surface area contributed by atoms with E-state index in [0.717, 1.165) is 16.8 Å². The summed E-state index contributed by atoms with van der Waals surface area (Å²) in [5.41, 5.74) is 0.742. The molecular formula is C33H25F2N7O2. The molecule has 2 aliphatic rings. The van der Waals surface area contributed by atoms with Crippen LogP contribution in [-0.4, -0.2) is 68.0 Å². The number of rotatable bonds is 5. The second-order valence-corrected chi connectivity index (χ2v) is 10.8. The van der Waals surface area contributed by atoms with Crippen LogP contribution in [0.5, 0.6) is 6.01 Å². The van der Waals surface area contributed by atoms with E-state index >= 15 is 4.39 Å². The van der Waals surface area contributed by atoms with Crippen LogP contribution in [0.15, 0.2) is 66.9 Å². The third-order valence-electron chi connectivity index (χ3n) is 8.44. The lowest BCUT2D eigenvalue weighted by molar-refractivity contribution is -0.142. The fraction of sp³-hybridized carbons (Fsp3) is 0.212. The van der Waals surface area contributed by atoms with Gasteiger partial charge in [-0.1, -0.05) is 36.3 Å². The molecule has 2 saturated heterocycles. The molecule has 0 N–H and O–H groups in total. The van der Waals surface area contributed by atoms with Crippen LogP contribution in [0.2, 0.25) is 0 Å². The first-order valence-corrected chi connectivity index (χ1v) is 14.0. The number of ether oxygens (including phenoxy) is 1. The Bertz CT molecular complexity index is 2020. The van der Waals surface area contributed by atoms with E-state index in [1.54, 1.807) is 23.2 Å². The van der Waals surface area contributed by atoms with Crippen LogP contribution in [0.4, 0.5) is 14.6 Å². The summed E-state index contributed by atoms with van der Waals surface area (Å²) in [5, 5.41) is 1.98. The predicted molar refractivity (Wildman–Crippen MR) is 162 cm³/mol. The molecular weight excluding hydrogens is 564 g/mol. The van der Waals surface area contributed by atoms with Gasteiger partial charge in [0.05, 0.1) is 18.0 Å². The zero-order valence-corrected chi connectivity index (χ0v) is 23.7. The fourth-order valence-electron chi connectivity index (χ4n) is 6.21. The van der Waals surface area contributed by atoms with Gasteiger partial charge in [0, 0.05) is 60.8 Å². The van der Waals surface area contributed by atoms with Gasteiger partial charge in [-0.25, -0.2) is 18.7 Å². The lowest BCUT2D eigenvalue weighted by atomic mass is 9.83. The maximum absolute atomic E-state index is 16.4. The molecule has 2 aromatic carbocycles. The normalized spacial score (nSPS) is 18.1. The molecule has 0 saturated carbocycles. The van der Waals surface area contributed by atoms with Crippen molar-refractivity contribution in [2.45, 2.75) is 18.4 Å². The Morgan fingerprint density at radius 1 is 1.07 bits per heavy atom. The lowest BCUT2D eigenvalue weighted by Crippen LogP contribution is -2.63. The van der Waals surface area contributed by atoms with Crippen molar-refractivity contribution in [1.29, 1.82) is 0 Å². The van der Waals surface area contributed by atoms with E-state index in [9.17, 15) is 9.18 Å². The molecule has 1 amide bonds. The molecule has 0 radical (unpaired) electrons. The first kappa shape index (κ1) is 27.3. The molecule has 1 spiro atoms. The van der Waals surface area contributed by atoms with Crippen molar-refractivity contribution in [2.24, 2.45) is 0 Å². The van der Waals surface area contributed by atoms with Gasteiger partial charge in [0.2, 0.25) is 0 Å².